The minimum absolute atomic E-state index is 0.333. The van der Waals surface area contributed by atoms with E-state index in [-0.39, 0.29) is 11.1 Å². The van der Waals surface area contributed by atoms with Gasteiger partial charge in [-0.15, -0.1) is 0 Å². The summed E-state index contributed by atoms with van der Waals surface area (Å²) < 4.78 is 0. The summed E-state index contributed by atoms with van der Waals surface area (Å²) in [5.41, 5.74) is 0.792. The zero-order valence-corrected chi connectivity index (χ0v) is 9.14. The summed E-state index contributed by atoms with van der Waals surface area (Å²) in [6.45, 7) is 5.52. The maximum absolute atomic E-state index is 11.2. The van der Waals surface area contributed by atoms with Crippen LogP contribution in [0.1, 0.15) is 6.92 Å². The zero-order chi connectivity index (χ0) is 11.3. The fourth-order valence-electron chi connectivity index (χ4n) is 0.955. The van der Waals surface area contributed by atoms with Crippen molar-refractivity contribution in [2.24, 2.45) is 0 Å². The van der Waals surface area contributed by atoms with E-state index in [1.807, 2.05) is 25.2 Å². The highest BCUT2D eigenvalue weighted by Gasteiger charge is 2.24. The standard InChI is InChI=1S/C11H11NO2S/c1-3-5-6-8(4-2)7-9-10(13)12-11(14)15-9/h3-7H,2H2,1H3,(H,12,13,14)/b5-3-,8-6+,9-7-. The molecule has 4 heteroatoms. The Morgan fingerprint density at radius 2 is 2.20 bits per heavy atom. The maximum Gasteiger partial charge on any atom is 0.290 e. The molecule has 0 radical (unpaired) electrons. The van der Waals surface area contributed by atoms with Gasteiger partial charge in [0.25, 0.3) is 11.1 Å². The van der Waals surface area contributed by atoms with Gasteiger partial charge in [-0.25, -0.2) is 0 Å². The van der Waals surface area contributed by atoms with E-state index in [2.05, 4.69) is 11.9 Å². The number of imide groups is 1. The molecule has 0 aromatic rings. The molecule has 1 aliphatic heterocycles. The molecule has 0 bridgehead atoms. The first-order valence-electron chi connectivity index (χ1n) is 4.37. The van der Waals surface area contributed by atoms with Crippen LogP contribution in [0.3, 0.4) is 0 Å². The quantitative estimate of drug-likeness (QED) is 0.588. The average Bonchev–Trinajstić information content (AvgIpc) is 2.52. The first kappa shape index (κ1) is 11.5. The van der Waals surface area contributed by atoms with Gasteiger partial charge in [-0.05, 0) is 30.3 Å². The van der Waals surface area contributed by atoms with Crippen LogP contribution in [0.5, 0.6) is 0 Å². The Morgan fingerprint density at radius 3 is 2.67 bits per heavy atom. The first-order valence-corrected chi connectivity index (χ1v) is 5.19. The summed E-state index contributed by atoms with van der Waals surface area (Å²) in [5.74, 6) is -0.349. The van der Waals surface area contributed by atoms with Crippen molar-refractivity contribution in [2.75, 3.05) is 0 Å². The molecule has 1 rings (SSSR count). The van der Waals surface area contributed by atoms with E-state index >= 15 is 0 Å². The molecule has 0 aromatic carbocycles. The SMILES string of the molecule is C=CC(/C=C1\SC(=O)NC1=O)=C\C=C/C. The number of hydrogen-bond donors (Lipinski definition) is 1. The van der Waals surface area contributed by atoms with Crippen molar-refractivity contribution in [3.63, 3.8) is 0 Å². The highest BCUT2D eigenvalue weighted by Crippen LogP contribution is 2.24. The van der Waals surface area contributed by atoms with E-state index in [0.29, 0.717) is 4.91 Å². The zero-order valence-electron chi connectivity index (χ0n) is 8.32. The second-order valence-corrected chi connectivity index (χ2v) is 3.76. The van der Waals surface area contributed by atoms with Gasteiger partial charge in [0, 0.05) is 0 Å². The molecule has 1 heterocycles. The number of thioether (sulfide) groups is 1. The van der Waals surface area contributed by atoms with Gasteiger partial charge in [0.05, 0.1) is 4.91 Å². The number of hydrogen-bond acceptors (Lipinski definition) is 3. The van der Waals surface area contributed by atoms with Gasteiger partial charge in [-0.2, -0.15) is 0 Å². The predicted octanol–water partition coefficient (Wildman–Crippen LogP) is 2.54. The Labute approximate surface area is 92.6 Å². The van der Waals surface area contributed by atoms with Gasteiger partial charge in [0.1, 0.15) is 0 Å². The molecule has 0 spiro atoms. The van der Waals surface area contributed by atoms with Crippen molar-refractivity contribution in [2.45, 2.75) is 6.92 Å². The summed E-state index contributed by atoms with van der Waals surface area (Å²) in [4.78, 5) is 22.5. The molecule has 0 unspecified atom stereocenters. The van der Waals surface area contributed by atoms with Gasteiger partial charge in [-0.3, -0.25) is 14.9 Å². The van der Waals surface area contributed by atoms with Crippen LogP contribution in [0.25, 0.3) is 0 Å². The second-order valence-electron chi connectivity index (χ2n) is 2.75. The van der Waals surface area contributed by atoms with Crippen molar-refractivity contribution in [3.8, 4) is 0 Å². The molecule has 15 heavy (non-hydrogen) atoms. The molecule has 2 amide bonds. The number of carbonyl (C=O) groups is 2. The van der Waals surface area contributed by atoms with E-state index in [1.165, 1.54) is 0 Å². The molecule has 1 N–H and O–H groups in total. The van der Waals surface area contributed by atoms with Crippen LogP contribution in [-0.2, 0) is 4.79 Å². The largest absolute Gasteiger partial charge is 0.290 e. The van der Waals surface area contributed by atoms with E-state index < -0.39 is 0 Å². The monoisotopic (exact) mass is 221 g/mol. The van der Waals surface area contributed by atoms with E-state index in [4.69, 9.17) is 0 Å². The van der Waals surface area contributed by atoms with Crippen LogP contribution in [0.2, 0.25) is 0 Å². The van der Waals surface area contributed by atoms with Crippen molar-refractivity contribution in [3.05, 3.63) is 47.4 Å². The third kappa shape index (κ3) is 3.25. The van der Waals surface area contributed by atoms with Crippen LogP contribution in [0, 0.1) is 0 Å². The Balaban J connectivity index is 2.89. The number of rotatable bonds is 3. The first-order chi connectivity index (χ1) is 7.17. The van der Waals surface area contributed by atoms with Gasteiger partial charge in [-0.1, -0.05) is 30.9 Å². The molecule has 0 atom stereocenters. The Hall–Kier alpha value is -1.55. The summed E-state index contributed by atoms with van der Waals surface area (Å²) in [6, 6.07) is 0. The van der Waals surface area contributed by atoms with Crippen LogP contribution in [0.4, 0.5) is 4.79 Å². The Kier molecular flexibility index (Phi) is 4.12. The Morgan fingerprint density at radius 1 is 1.47 bits per heavy atom. The lowest BCUT2D eigenvalue weighted by molar-refractivity contribution is -0.115. The van der Waals surface area contributed by atoms with Crippen LogP contribution < -0.4 is 5.32 Å². The highest BCUT2D eigenvalue weighted by atomic mass is 32.2. The smallest absolute Gasteiger partial charge is 0.282 e. The van der Waals surface area contributed by atoms with Gasteiger partial charge in [0.2, 0.25) is 0 Å². The van der Waals surface area contributed by atoms with Crippen molar-refractivity contribution in [1.29, 1.82) is 0 Å². The summed E-state index contributed by atoms with van der Waals surface area (Å²) in [5, 5.41) is 1.86. The van der Waals surface area contributed by atoms with Crippen molar-refractivity contribution < 1.29 is 9.59 Å². The molecule has 0 aromatic heterocycles. The molecular weight excluding hydrogens is 210 g/mol. The molecule has 3 nitrogen and oxygen atoms in total. The lowest BCUT2D eigenvalue weighted by Gasteiger charge is -1.92. The maximum atomic E-state index is 11.2. The van der Waals surface area contributed by atoms with Crippen molar-refractivity contribution >= 4 is 22.9 Å². The molecule has 0 aliphatic carbocycles. The van der Waals surface area contributed by atoms with Crippen LogP contribution >= 0.6 is 11.8 Å². The highest BCUT2D eigenvalue weighted by molar-refractivity contribution is 8.18. The summed E-state index contributed by atoms with van der Waals surface area (Å²) >= 11 is 0.900. The number of nitrogens with one attached hydrogen (secondary N) is 1. The van der Waals surface area contributed by atoms with E-state index in [1.54, 1.807) is 12.2 Å². The number of amides is 2. The van der Waals surface area contributed by atoms with Crippen molar-refractivity contribution in [1.82, 2.24) is 5.32 Å². The molecule has 1 fully saturated rings. The van der Waals surface area contributed by atoms with Crippen LogP contribution in [0.15, 0.2) is 47.4 Å². The van der Waals surface area contributed by atoms with Gasteiger partial charge in [0.15, 0.2) is 0 Å². The molecular formula is C11H11NO2S. The van der Waals surface area contributed by atoms with Gasteiger partial charge < -0.3 is 0 Å². The third-order valence-corrected chi connectivity index (χ3v) is 2.47. The summed E-state index contributed by atoms with van der Waals surface area (Å²) in [6.07, 6.45) is 8.79. The minimum Gasteiger partial charge on any atom is -0.282 e. The van der Waals surface area contributed by atoms with Crippen LogP contribution in [-0.4, -0.2) is 11.1 Å². The third-order valence-electron chi connectivity index (χ3n) is 1.66. The van der Waals surface area contributed by atoms with E-state index in [0.717, 1.165) is 17.3 Å². The Bertz CT molecular complexity index is 391. The lowest BCUT2D eigenvalue weighted by atomic mass is 10.2. The summed E-state index contributed by atoms with van der Waals surface area (Å²) in [7, 11) is 0. The number of carbonyl (C=O) groups excluding carboxylic acids is 2. The molecule has 78 valence electrons. The van der Waals surface area contributed by atoms with E-state index in [9.17, 15) is 9.59 Å². The normalized spacial score (nSPS) is 20.1. The predicted molar refractivity (Wildman–Crippen MR) is 62.3 cm³/mol. The van der Waals surface area contributed by atoms with Gasteiger partial charge >= 0.3 is 0 Å². The second kappa shape index (κ2) is 5.36. The fraction of sp³-hybridized carbons (Fsp3) is 0.0909. The minimum atomic E-state index is -0.349. The fourth-order valence-corrected chi connectivity index (χ4v) is 1.64. The molecule has 1 aliphatic rings. The molecule has 0 saturated carbocycles. The lowest BCUT2D eigenvalue weighted by Crippen LogP contribution is -2.17. The number of allylic oxidation sites excluding steroid dienone is 6. The molecule has 1 saturated heterocycles. The average molecular weight is 221 g/mol. The topological polar surface area (TPSA) is 46.2 Å².